The van der Waals surface area contributed by atoms with Crippen LogP contribution < -0.4 is 10.1 Å². The summed E-state index contributed by atoms with van der Waals surface area (Å²) in [5.74, 6) is -0.114. The molecule has 0 radical (unpaired) electrons. The van der Waals surface area contributed by atoms with Crippen LogP contribution in [0.5, 0.6) is 5.75 Å². The number of rotatable bonds is 7. The molecular weight excluding hydrogens is 306 g/mol. The molecule has 0 aliphatic carbocycles. The van der Waals surface area contributed by atoms with Gasteiger partial charge in [0.05, 0.1) is 12.7 Å². The van der Waals surface area contributed by atoms with E-state index in [1.165, 1.54) is 0 Å². The largest absolute Gasteiger partial charge is 0.496 e. The van der Waals surface area contributed by atoms with E-state index >= 15 is 0 Å². The molecule has 1 N–H and O–H groups in total. The van der Waals surface area contributed by atoms with E-state index in [0.29, 0.717) is 11.3 Å². The van der Waals surface area contributed by atoms with Crippen LogP contribution in [0.15, 0.2) is 36.4 Å². The van der Waals surface area contributed by atoms with E-state index in [-0.39, 0.29) is 18.6 Å². The molecule has 5 nitrogen and oxygen atoms in total. The van der Waals surface area contributed by atoms with Crippen LogP contribution >= 0.6 is 0 Å². The van der Waals surface area contributed by atoms with Crippen LogP contribution in [-0.4, -0.2) is 31.6 Å². The third-order valence-corrected chi connectivity index (χ3v) is 4.01. The molecule has 5 heteroatoms. The molecule has 0 saturated carbocycles. The minimum absolute atomic E-state index is 0.109. The van der Waals surface area contributed by atoms with E-state index in [9.17, 15) is 9.59 Å². The van der Waals surface area contributed by atoms with Crippen LogP contribution in [0.25, 0.3) is 10.8 Å². The first-order valence-electron chi connectivity index (χ1n) is 8.12. The third-order valence-electron chi connectivity index (χ3n) is 4.01. The van der Waals surface area contributed by atoms with E-state index in [1.54, 1.807) is 19.2 Å². The molecule has 0 fully saturated rings. The highest BCUT2D eigenvalue weighted by atomic mass is 16.5. The molecule has 0 bridgehead atoms. The lowest BCUT2D eigenvalue weighted by molar-refractivity contribution is -0.125. The Morgan fingerprint density at radius 2 is 1.71 bits per heavy atom. The van der Waals surface area contributed by atoms with Gasteiger partial charge in [0.2, 0.25) is 0 Å². The number of benzene rings is 2. The maximum absolute atomic E-state index is 12.3. The number of nitrogens with one attached hydrogen (secondary N) is 1. The average molecular weight is 329 g/mol. The summed E-state index contributed by atoms with van der Waals surface area (Å²) >= 11 is 0. The Labute approximate surface area is 141 Å². The molecule has 0 heterocycles. The fourth-order valence-corrected chi connectivity index (χ4v) is 2.60. The van der Waals surface area contributed by atoms with Crippen molar-refractivity contribution in [1.82, 2.24) is 5.32 Å². The van der Waals surface area contributed by atoms with Crippen molar-refractivity contribution in [3.63, 3.8) is 0 Å². The number of ether oxygens (including phenoxy) is 2. The Hall–Kier alpha value is -2.56. The second-order valence-electron chi connectivity index (χ2n) is 5.52. The SMILES string of the molecule is CCC(CC)NC(=O)COC(=O)c1ccc(OC)c2ccccc12. The van der Waals surface area contributed by atoms with Crippen LogP contribution in [0.3, 0.4) is 0 Å². The minimum Gasteiger partial charge on any atom is -0.496 e. The summed E-state index contributed by atoms with van der Waals surface area (Å²) in [6.07, 6.45) is 1.69. The molecule has 0 aliphatic rings. The fraction of sp³-hybridized carbons (Fsp3) is 0.368. The van der Waals surface area contributed by atoms with Gasteiger partial charge in [-0.25, -0.2) is 4.79 Å². The predicted octanol–water partition coefficient (Wildman–Crippen LogP) is 3.31. The maximum atomic E-state index is 12.3. The Bertz CT molecular complexity index is 722. The van der Waals surface area contributed by atoms with Crippen LogP contribution in [-0.2, 0) is 9.53 Å². The number of carbonyl (C=O) groups is 2. The topological polar surface area (TPSA) is 64.6 Å². The Balaban J connectivity index is 2.11. The van der Waals surface area contributed by atoms with Crippen LogP contribution in [0.1, 0.15) is 37.0 Å². The quantitative estimate of drug-likeness (QED) is 0.792. The second-order valence-corrected chi connectivity index (χ2v) is 5.52. The van der Waals surface area contributed by atoms with E-state index in [2.05, 4.69) is 5.32 Å². The molecule has 1 amide bonds. The van der Waals surface area contributed by atoms with Crippen molar-refractivity contribution in [2.24, 2.45) is 0 Å². The zero-order chi connectivity index (χ0) is 17.5. The average Bonchev–Trinajstić information content (AvgIpc) is 2.63. The van der Waals surface area contributed by atoms with Crippen molar-refractivity contribution in [3.05, 3.63) is 42.0 Å². The molecule has 0 atom stereocenters. The van der Waals surface area contributed by atoms with Gasteiger partial charge in [-0.05, 0) is 30.4 Å². The summed E-state index contributed by atoms with van der Waals surface area (Å²) in [5.41, 5.74) is 0.418. The molecule has 0 unspecified atom stereocenters. The monoisotopic (exact) mass is 329 g/mol. The third kappa shape index (κ3) is 4.04. The smallest absolute Gasteiger partial charge is 0.339 e. The van der Waals surface area contributed by atoms with Crippen molar-refractivity contribution < 1.29 is 19.1 Å². The van der Waals surface area contributed by atoms with Crippen molar-refractivity contribution >= 4 is 22.6 Å². The fourth-order valence-electron chi connectivity index (χ4n) is 2.60. The number of carbonyl (C=O) groups excluding carboxylic acids is 2. The molecule has 24 heavy (non-hydrogen) atoms. The summed E-state index contributed by atoms with van der Waals surface area (Å²) in [4.78, 5) is 24.2. The number of fused-ring (bicyclic) bond motifs is 1. The van der Waals surface area contributed by atoms with Crippen LogP contribution in [0.4, 0.5) is 0 Å². The predicted molar refractivity (Wildman–Crippen MR) is 93.3 cm³/mol. The molecule has 0 aromatic heterocycles. The summed E-state index contributed by atoms with van der Waals surface area (Å²) in [6.45, 7) is 3.73. The highest BCUT2D eigenvalue weighted by Crippen LogP contribution is 2.28. The van der Waals surface area contributed by atoms with Gasteiger partial charge in [0.25, 0.3) is 5.91 Å². The first-order chi connectivity index (χ1) is 11.6. The van der Waals surface area contributed by atoms with Crippen LogP contribution in [0.2, 0.25) is 0 Å². The van der Waals surface area contributed by atoms with Crippen molar-refractivity contribution in [2.45, 2.75) is 32.7 Å². The molecule has 2 rings (SSSR count). The number of hydrogen-bond donors (Lipinski definition) is 1. The second kappa shape index (κ2) is 8.34. The Morgan fingerprint density at radius 3 is 2.33 bits per heavy atom. The van der Waals surface area contributed by atoms with Gasteiger partial charge < -0.3 is 14.8 Å². The van der Waals surface area contributed by atoms with E-state index in [4.69, 9.17) is 9.47 Å². The van der Waals surface area contributed by atoms with Gasteiger partial charge in [0, 0.05) is 11.4 Å². The molecule has 2 aromatic carbocycles. The number of amides is 1. The lowest BCUT2D eigenvalue weighted by Crippen LogP contribution is -2.36. The van der Waals surface area contributed by atoms with E-state index in [0.717, 1.165) is 23.6 Å². The minimum atomic E-state index is -0.520. The number of hydrogen-bond acceptors (Lipinski definition) is 4. The first kappa shape index (κ1) is 17.8. The van der Waals surface area contributed by atoms with Gasteiger partial charge in [-0.1, -0.05) is 38.1 Å². The zero-order valence-corrected chi connectivity index (χ0v) is 14.3. The summed E-state index contributed by atoms with van der Waals surface area (Å²) in [7, 11) is 1.59. The zero-order valence-electron chi connectivity index (χ0n) is 14.3. The first-order valence-corrected chi connectivity index (χ1v) is 8.12. The summed E-state index contributed by atoms with van der Waals surface area (Å²) < 4.78 is 10.5. The van der Waals surface area contributed by atoms with Gasteiger partial charge in [0.1, 0.15) is 5.75 Å². The van der Waals surface area contributed by atoms with Gasteiger partial charge >= 0.3 is 5.97 Å². The van der Waals surface area contributed by atoms with Gasteiger partial charge in [-0.15, -0.1) is 0 Å². The van der Waals surface area contributed by atoms with Crippen molar-refractivity contribution in [3.8, 4) is 5.75 Å². The maximum Gasteiger partial charge on any atom is 0.339 e. The van der Waals surface area contributed by atoms with E-state index in [1.807, 2.05) is 38.1 Å². The van der Waals surface area contributed by atoms with Crippen molar-refractivity contribution in [1.29, 1.82) is 0 Å². The number of methoxy groups -OCH3 is 1. The molecule has 0 saturated heterocycles. The highest BCUT2D eigenvalue weighted by Gasteiger charge is 2.16. The Kier molecular flexibility index (Phi) is 6.18. The highest BCUT2D eigenvalue weighted by molar-refractivity contribution is 6.06. The summed E-state index contributed by atoms with van der Waals surface area (Å²) in [5, 5.41) is 4.41. The summed E-state index contributed by atoms with van der Waals surface area (Å²) in [6, 6.07) is 10.9. The normalized spacial score (nSPS) is 10.7. The molecule has 0 aliphatic heterocycles. The van der Waals surface area contributed by atoms with Gasteiger partial charge in [-0.2, -0.15) is 0 Å². The molecule has 128 valence electrons. The standard InChI is InChI=1S/C19H23NO4/c1-4-13(5-2)20-18(21)12-24-19(22)16-10-11-17(23-3)15-9-7-6-8-14(15)16/h6-11,13H,4-5,12H2,1-3H3,(H,20,21). The van der Waals surface area contributed by atoms with E-state index < -0.39 is 5.97 Å². The lowest BCUT2D eigenvalue weighted by atomic mass is 10.0. The lowest BCUT2D eigenvalue weighted by Gasteiger charge is -2.15. The molecule has 2 aromatic rings. The van der Waals surface area contributed by atoms with Crippen LogP contribution in [0, 0.1) is 0 Å². The van der Waals surface area contributed by atoms with Gasteiger partial charge in [0.15, 0.2) is 6.61 Å². The Morgan fingerprint density at radius 1 is 1.04 bits per heavy atom. The molecular formula is C19H23NO4. The molecule has 0 spiro atoms. The number of esters is 1. The van der Waals surface area contributed by atoms with Gasteiger partial charge in [-0.3, -0.25) is 4.79 Å². The van der Waals surface area contributed by atoms with Crippen molar-refractivity contribution in [2.75, 3.05) is 13.7 Å².